The fraction of sp³-hybridized carbons (Fsp3) is 0.750. The molecule has 0 aliphatic carbocycles. The normalized spacial score (nSPS) is 22.9. The second-order valence-electron chi connectivity index (χ2n) is 5.74. The number of hydrogen-bond acceptors (Lipinski definition) is 3. The smallest absolute Gasteiger partial charge is 0.243 e. The number of nitrogens with two attached hydrogens (primary N) is 1. The summed E-state index contributed by atoms with van der Waals surface area (Å²) in [6, 6.07) is -0.763. The van der Waals surface area contributed by atoms with E-state index in [9.17, 15) is 9.59 Å². The first kappa shape index (κ1) is 17.7. The third-order valence-electron chi connectivity index (χ3n) is 3.96. The quantitative estimate of drug-likeness (QED) is 0.446. The van der Waals surface area contributed by atoms with Crippen LogP contribution < -0.4 is 16.4 Å². The molecule has 0 aromatic heterocycles. The molecule has 1 fully saturated rings. The molecule has 120 valence electrons. The summed E-state index contributed by atoms with van der Waals surface area (Å²) in [7, 11) is 0. The van der Waals surface area contributed by atoms with Gasteiger partial charge in [-0.25, -0.2) is 0 Å². The van der Waals surface area contributed by atoms with E-state index in [0.29, 0.717) is 19.4 Å². The van der Waals surface area contributed by atoms with Crippen LogP contribution in [0.5, 0.6) is 0 Å². The molecule has 0 aromatic carbocycles. The van der Waals surface area contributed by atoms with Crippen LogP contribution in [0.1, 0.15) is 58.8 Å². The summed E-state index contributed by atoms with van der Waals surface area (Å²) >= 11 is 0. The molecule has 0 aromatic rings. The molecule has 0 saturated carbocycles. The second-order valence-corrected chi connectivity index (χ2v) is 5.74. The monoisotopic (exact) mass is 295 g/mol. The molecule has 5 nitrogen and oxygen atoms in total. The third-order valence-corrected chi connectivity index (χ3v) is 3.96. The van der Waals surface area contributed by atoms with E-state index < -0.39 is 0 Å². The highest BCUT2D eigenvalue weighted by Crippen LogP contribution is 2.11. The van der Waals surface area contributed by atoms with Crippen LogP contribution in [0.4, 0.5) is 0 Å². The van der Waals surface area contributed by atoms with Crippen molar-refractivity contribution < 1.29 is 9.59 Å². The lowest BCUT2D eigenvalue weighted by atomic mass is 10.0. The molecule has 2 atom stereocenters. The van der Waals surface area contributed by atoms with Crippen LogP contribution >= 0.6 is 0 Å². The average Bonchev–Trinajstić information content (AvgIpc) is 2.47. The maximum atomic E-state index is 12.0. The lowest BCUT2D eigenvalue weighted by Crippen LogP contribution is -2.61. The zero-order chi connectivity index (χ0) is 15.7. The van der Waals surface area contributed by atoms with Crippen LogP contribution in [0, 0.1) is 0 Å². The zero-order valence-electron chi connectivity index (χ0n) is 13.3. The van der Waals surface area contributed by atoms with Gasteiger partial charge in [0.15, 0.2) is 0 Å². The summed E-state index contributed by atoms with van der Waals surface area (Å²) in [5, 5.41) is 5.67. The summed E-state index contributed by atoms with van der Waals surface area (Å²) in [5.74, 6) is -0.111. The van der Waals surface area contributed by atoms with Gasteiger partial charge in [0.25, 0.3) is 0 Å². The van der Waals surface area contributed by atoms with Crippen LogP contribution in [0.25, 0.3) is 0 Å². The van der Waals surface area contributed by atoms with Crippen molar-refractivity contribution >= 4 is 11.8 Å². The lowest BCUT2D eigenvalue weighted by molar-refractivity contribution is -0.137. The number of hydrogen-bond donors (Lipinski definition) is 3. The largest absolute Gasteiger partial charge is 0.343 e. The molecule has 1 aliphatic heterocycles. The van der Waals surface area contributed by atoms with Crippen molar-refractivity contribution in [1.82, 2.24) is 10.6 Å². The van der Waals surface area contributed by atoms with Crippen molar-refractivity contribution in [3.05, 3.63) is 11.6 Å². The van der Waals surface area contributed by atoms with Gasteiger partial charge < -0.3 is 16.4 Å². The molecule has 0 radical (unpaired) electrons. The van der Waals surface area contributed by atoms with Gasteiger partial charge in [0, 0.05) is 0 Å². The molecule has 4 N–H and O–H groups in total. The van der Waals surface area contributed by atoms with Gasteiger partial charge in [0.2, 0.25) is 11.8 Å². The van der Waals surface area contributed by atoms with E-state index in [2.05, 4.69) is 30.6 Å². The molecule has 0 bridgehead atoms. The van der Waals surface area contributed by atoms with Crippen molar-refractivity contribution in [2.75, 3.05) is 6.54 Å². The fourth-order valence-electron chi connectivity index (χ4n) is 2.39. The first-order chi connectivity index (χ1) is 10.1. The predicted molar refractivity (Wildman–Crippen MR) is 84.7 cm³/mol. The van der Waals surface area contributed by atoms with Gasteiger partial charge in [-0.1, -0.05) is 18.6 Å². The molecule has 5 heteroatoms. The van der Waals surface area contributed by atoms with Crippen LogP contribution in [0.3, 0.4) is 0 Å². The Labute approximate surface area is 127 Å². The standard InChI is InChI=1S/C16H29N3O2/c1-3-12(2)8-4-5-9-13-15(20)19-14(16(21)18-13)10-6-7-11-17/h8,13-14H,3-7,9-11,17H2,1-2H3,(H,18,21)(H,19,20)/b12-8+. The van der Waals surface area contributed by atoms with Gasteiger partial charge in [-0.3, -0.25) is 9.59 Å². The van der Waals surface area contributed by atoms with Gasteiger partial charge >= 0.3 is 0 Å². The Morgan fingerprint density at radius 3 is 2.19 bits per heavy atom. The number of carbonyl (C=O) groups excluding carboxylic acids is 2. The van der Waals surface area contributed by atoms with E-state index in [4.69, 9.17) is 5.73 Å². The highest BCUT2D eigenvalue weighted by molar-refractivity contribution is 5.96. The van der Waals surface area contributed by atoms with Gasteiger partial charge in [-0.2, -0.15) is 0 Å². The minimum absolute atomic E-state index is 0.0523. The number of amides is 2. The highest BCUT2D eigenvalue weighted by Gasteiger charge is 2.32. The Morgan fingerprint density at radius 1 is 1.10 bits per heavy atom. The fourth-order valence-corrected chi connectivity index (χ4v) is 2.39. The number of piperazine rings is 1. The molecule has 1 aliphatic rings. The van der Waals surface area contributed by atoms with Gasteiger partial charge in [-0.05, 0) is 58.4 Å². The first-order valence-corrected chi connectivity index (χ1v) is 8.05. The topological polar surface area (TPSA) is 84.2 Å². The molecule has 1 rings (SSSR count). The minimum Gasteiger partial charge on any atom is -0.343 e. The minimum atomic E-state index is -0.387. The number of nitrogens with one attached hydrogen (secondary N) is 2. The number of rotatable bonds is 9. The summed E-state index contributed by atoms with van der Waals surface area (Å²) in [4.78, 5) is 24.0. The number of unbranched alkanes of at least 4 members (excludes halogenated alkanes) is 2. The molecule has 1 heterocycles. The van der Waals surface area contributed by atoms with Crippen LogP contribution in [-0.2, 0) is 9.59 Å². The van der Waals surface area contributed by atoms with Crippen LogP contribution in [0.2, 0.25) is 0 Å². The third kappa shape index (κ3) is 6.29. The Balaban J connectivity index is 2.33. The van der Waals surface area contributed by atoms with E-state index in [1.165, 1.54) is 5.57 Å². The maximum absolute atomic E-state index is 12.0. The van der Waals surface area contributed by atoms with Crippen molar-refractivity contribution in [2.45, 2.75) is 70.9 Å². The maximum Gasteiger partial charge on any atom is 0.243 e. The number of carbonyl (C=O) groups is 2. The Hall–Kier alpha value is -1.36. The molecular weight excluding hydrogens is 266 g/mol. The molecule has 1 saturated heterocycles. The summed E-state index contributed by atoms with van der Waals surface area (Å²) in [5.41, 5.74) is 6.80. The molecule has 2 unspecified atom stereocenters. The van der Waals surface area contributed by atoms with Crippen molar-refractivity contribution in [3.63, 3.8) is 0 Å². The predicted octanol–water partition coefficient (Wildman–Crippen LogP) is 1.63. The second kappa shape index (κ2) is 9.55. The molecule has 2 amide bonds. The SMILES string of the molecule is CC/C(C)=C/CCCC1NC(=O)C(CCCCN)NC1=O. The summed E-state index contributed by atoms with van der Waals surface area (Å²) < 4.78 is 0. The average molecular weight is 295 g/mol. The summed E-state index contributed by atoms with van der Waals surface area (Å²) in [6.45, 7) is 4.86. The van der Waals surface area contributed by atoms with E-state index in [0.717, 1.165) is 32.1 Å². The van der Waals surface area contributed by atoms with E-state index in [1.54, 1.807) is 0 Å². The lowest BCUT2D eigenvalue weighted by Gasteiger charge is -2.29. The van der Waals surface area contributed by atoms with Crippen molar-refractivity contribution in [2.24, 2.45) is 5.73 Å². The highest BCUT2D eigenvalue weighted by atomic mass is 16.2. The molecule has 21 heavy (non-hydrogen) atoms. The van der Waals surface area contributed by atoms with Gasteiger partial charge in [0.05, 0.1) is 0 Å². The van der Waals surface area contributed by atoms with Gasteiger partial charge in [0.1, 0.15) is 12.1 Å². The Morgan fingerprint density at radius 2 is 1.67 bits per heavy atom. The van der Waals surface area contributed by atoms with Crippen molar-refractivity contribution in [1.29, 1.82) is 0 Å². The van der Waals surface area contributed by atoms with Crippen LogP contribution in [0.15, 0.2) is 11.6 Å². The van der Waals surface area contributed by atoms with Crippen molar-refractivity contribution in [3.8, 4) is 0 Å². The summed E-state index contributed by atoms with van der Waals surface area (Å²) in [6.07, 6.45) is 8.24. The Kier molecular flexibility index (Phi) is 8.05. The number of allylic oxidation sites excluding steroid dienone is 2. The van der Waals surface area contributed by atoms with E-state index in [1.807, 2.05) is 0 Å². The Bertz CT molecular complexity index is 380. The van der Waals surface area contributed by atoms with Crippen LogP contribution in [-0.4, -0.2) is 30.4 Å². The van der Waals surface area contributed by atoms with Gasteiger partial charge in [-0.15, -0.1) is 0 Å². The van der Waals surface area contributed by atoms with E-state index in [-0.39, 0.29) is 23.9 Å². The zero-order valence-corrected chi connectivity index (χ0v) is 13.3. The molecule has 0 spiro atoms. The molecular formula is C16H29N3O2. The first-order valence-electron chi connectivity index (χ1n) is 8.05. The van der Waals surface area contributed by atoms with E-state index >= 15 is 0 Å².